The zero-order chi connectivity index (χ0) is 12.8. The Morgan fingerprint density at radius 2 is 2.06 bits per heavy atom. The fourth-order valence-electron chi connectivity index (χ4n) is 2.26. The van der Waals surface area contributed by atoms with Gasteiger partial charge in [-0.05, 0) is 17.9 Å². The summed E-state index contributed by atoms with van der Waals surface area (Å²) in [7, 11) is 0. The van der Waals surface area contributed by atoms with Crippen LogP contribution < -0.4 is 5.73 Å². The van der Waals surface area contributed by atoms with Crippen LogP contribution in [0.25, 0.3) is 0 Å². The first-order valence-corrected chi connectivity index (χ1v) is 6.73. The van der Waals surface area contributed by atoms with E-state index >= 15 is 0 Å². The van der Waals surface area contributed by atoms with Crippen LogP contribution in [-0.4, -0.2) is 19.1 Å². The van der Waals surface area contributed by atoms with Crippen molar-refractivity contribution in [2.45, 2.75) is 31.6 Å². The molecule has 1 aromatic carbocycles. The minimum Gasteiger partial charge on any atom is -0.465 e. The Hall–Kier alpha value is -1.35. The fourth-order valence-corrected chi connectivity index (χ4v) is 2.26. The van der Waals surface area contributed by atoms with E-state index in [4.69, 9.17) is 10.5 Å². The van der Waals surface area contributed by atoms with E-state index in [2.05, 4.69) is 0 Å². The number of ether oxygens (including phenoxy) is 1. The van der Waals surface area contributed by atoms with Gasteiger partial charge >= 0.3 is 5.97 Å². The number of hydrogen-bond acceptors (Lipinski definition) is 3. The van der Waals surface area contributed by atoms with Crippen LogP contribution in [0.1, 0.15) is 37.2 Å². The minimum absolute atomic E-state index is 0.192. The highest BCUT2D eigenvalue weighted by Gasteiger charge is 2.22. The highest BCUT2D eigenvalue weighted by Crippen LogP contribution is 2.29. The molecule has 98 valence electrons. The summed E-state index contributed by atoms with van der Waals surface area (Å²) in [6, 6.07) is 9.60. The summed E-state index contributed by atoms with van der Waals surface area (Å²) in [5.74, 6) is 0.251. The van der Waals surface area contributed by atoms with Crippen molar-refractivity contribution in [2.24, 2.45) is 11.7 Å². The molecule has 3 heteroatoms. The molecule has 0 amide bonds. The van der Waals surface area contributed by atoms with Crippen LogP contribution in [0.2, 0.25) is 0 Å². The molecule has 1 aliphatic rings. The molecule has 1 unspecified atom stereocenters. The number of hydrogen-bond donors (Lipinski definition) is 1. The third-order valence-electron chi connectivity index (χ3n) is 3.72. The molecule has 0 radical (unpaired) electrons. The zero-order valence-electron chi connectivity index (χ0n) is 10.7. The molecule has 0 saturated heterocycles. The third-order valence-corrected chi connectivity index (χ3v) is 3.72. The van der Waals surface area contributed by atoms with Crippen LogP contribution >= 0.6 is 0 Å². The Labute approximate surface area is 108 Å². The lowest BCUT2D eigenvalue weighted by Crippen LogP contribution is -2.25. The molecule has 1 fully saturated rings. The predicted molar refractivity (Wildman–Crippen MR) is 71.2 cm³/mol. The lowest BCUT2D eigenvalue weighted by atomic mass is 9.83. The van der Waals surface area contributed by atoms with Gasteiger partial charge in [0.1, 0.15) is 0 Å². The first-order valence-electron chi connectivity index (χ1n) is 6.73. The van der Waals surface area contributed by atoms with Crippen LogP contribution in [0, 0.1) is 5.92 Å². The van der Waals surface area contributed by atoms with Crippen molar-refractivity contribution >= 4 is 5.97 Å². The molecule has 0 heterocycles. The van der Waals surface area contributed by atoms with E-state index in [1.165, 1.54) is 19.3 Å². The average molecular weight is 247 g/mol. The van der Waals surface area contributed by atoms with Gasteiger partial charge in [0.05, 0.1) is 12.5 Å². The van der Waals surface area contributed by atoms with Crippen molar-refractivity contribution in [2.75, 3.05) is 13.2 Å². The van der Waals surface area contributed by atoms with Gasteiger partial charge in [0.2, 0.25) is 0 Å². The molecule has 1 aliphatic carbocycles. The number of carbonyl (C=O) groups is 1. The van der Waals surface area contributed by atoms with Crippen LogP contribution in [-0.2, 0) is 9.53 Å². The monoisotopic (exact) mass is 247 g/mol. The minimum atomic E-state index is -0.326. The Bertz CT molecular complexity index is 373. The van der Waals surface area contributed by atoms with Crippen molar-refractivity contribution in [1.82, 2.24) is 0 Å². The number of rotatable bonds is 6. The van der Waals surface area contributed by atoms with Gasteiger partial charge < -0.3 is 10.5 Å². The molecule has 3 nitrogen and oxygen atoms in total. The van der Waals surface area contributed by atoms with Gasteiger partial charge in [0.15, 0.2) is 0 Å². The lowest BCUT2D eigenvalue weighted by Gasteiger charge is -2.25. The summed E-state index contributed by atoms with van der Waals surface area (Å²) in [4.78, 5) is 12.0. The molecule has 1 atom stereocenters. The van der Waals surface area contributed by atoms with Crippen molar-refractivity contribution < 1.29 is 9.53 Å². The summed E-state index contributed by atoms with van der Waals surface area (Å²) in [5, 5.41) is 0. The molecule has 0 aromatic heterocycles. The number of benzene rings is 1. The van der Waals surface area contributed by atoms with E-state index in [0.717, 1.165) is 17.9 Å². The van der Waals surface area contributed by atoms with E-state index in [1.807, 2.05) is 30.3 Å². The van der Waals surface area contributed by atoms with Gasteiger partial charge in [-0.25, -0.2) is 0 Å². The van der Waals surface area contributed by atoms with Gasteiger partial charge in [-0.2, -0.15) is 0 Å². The molecular weight excluding hydrogens is 226 g/mol. The number of carbonyl (C=O) groups excluding carboxylic acids is 1. The van der Waals surface area contributed by atoms with E-state index < -0.39 is 0 Å². The second-order valence-electron chi connectivity index (χ2n) is 4.95. The molecular formula is C15H21NO2. The summed E-state index contributed by atoms with van der Waals surface area (Å²) in [6.45, 7) is 0.832. The first kappa shape index (κ1) is 13.1. The van der Waals surface area contributed by atoms with Crippen LogP contribution in [0.4, 0.5) is 0 Å². The normalized spacial score (nSPS) is 16.9. The van der Waals surface area contributed by atoms with E-state index in [1.54, 1.807) is 0 Å². The molecule has 2 N–H and O–H groups in total. The molecule has 18 heavy (non-hydrogen) atoms. The maximum atomic E-state index is 12.0. The second kappa shape index (κ2) is 6.55. The van der Waals surface area contributed by atoms with Gasteiger partial charge in [-0.3, -0.25) is 4.79 Å². The maximum absolute atomic E-state index is 12.0. The summed E-state index contributed by atoms with van der Waals surface area (Å²) >= 11 is 0. The lowest BCUT2D eigenvalue weighted by molar-refractivity contribution is -0.145. The molecule has 2 rings (SSSR count). The Kier molecular flexibility index (Phi) is 4.76. The quantitative estimate of drug-likeness (QED) is 0.786. The van der Waals surface area contributed by atoms with Gasteiger partial charge in [0.25, 0.3) is 0 Å². The van der Waals surface area contributed by atoms with Crippen molar-refractivity contribution in [3.05, 3.63) is 35.9 Å². The van der Waals surface area contributed by atoms with Crippen LogP contribution in [0.3, 0.4) is 0 Å². The van der Waals surface area contributed by atoms with E-state index in [9.17, 15) is 4.79 Å². The highest BCUT2D eigenvalue weighted by molar-refractivity contribution is 5.78. The second-order valence-corrected chi connectivity index (χ2v) is 4.95. The van der Waals surface area contributed by atoms with Crippen molar-refractivity contribution in [1.29, 1.82) is 0 Å². The van der Waals surface area contributed by atoms with Crippen LogP contribution in [0.5, 0.6) is 0 Å². The smallest absolute Gasteiger partial charge is 0.314 e. The molecule has 0 spiro atoms. The third kappa shape index (κ3) is 3.33. The Balaban J connectivity index is 1.81. The molecule has 0 bridgehead atoms. The van der Waals surface area contributed by atoms with Crippen LogP contribution in [0.15, 0.2) is 30.3 Å². The van der Waals surface area contributed by atoms with Gasteiger partial charge in [-0.15, -0.1) is 0 Å². The SMILES string of the molecule is NCC(C(=O)OCCC1CCC1)c1ccccc1. The maximum Gasteiger partial charge on any atom is 0.314 e. The van der Waals surface area contributed by atoms with E-state index in [-0.39, 0.29) is 11.9 Å². The number of nitrogens with two attached hydrogens (primary N) is 1. The zero-order valence-corrected chi connectivity index (χ0v) is 10.7. The standard InChI is InChI=1S/C15H21NO2/c16-11-14(13-7-2-1-3-8-13)15(17)18-10-9-12-5-4-6-12/h1-3,7-8,12,14H,4-6,9-11,16H2. The molecule has 1 aromatic rings. The fraction of sp³-hybridized carbons (Fsp3) is 0.533. The summed E-state index contributed by atoms with van der Waals surface area (Å²) in [6.07, 6.45) is 4.90. The van der Waals surface area contributed by atoms with Crippen molar-refractivity contribution in [3.8, 4) is 0 Å². The Morgan fingerprint density at radius 3 is 2.61 bits per heavy atom. The van der Waals surface area contributed by atoms with Crippen molar-refractivity contribution in [3.63, 3.8) is 0 Å². The van der Waals surface area contributed by atoms with Gasteiger partial charge in [0, 0.05) is 6.54 Å². The largest absolute Gasteiger partial charge is 0.465 e. The number of esters is 1. The predicted octanol–water partition coefficient (Wildman–Crippen LogP) is 2.46. The van der Waals surface area contributed by atoms with E-state index in [0.29, 0.717) is 13.2 Å². The summed E-state index contributed by atoms with van der Waals surface area (Å²) < 4.78 is 5.34. The average Bonchev–Trinajstić information content (AvgIpc) is 2.34. The molecule has 1 saturated carbocycles. The highest BCUT2D eigenvalue weighted by atomic mass is 16.5. The Morgan fingerprint density at radius 1 is 1.33 bits per heavy atom. The van der Waals surface area contributed by atoms with Gasteiger partial charge in [-0.1, -0.05) is 49.6 Å². The summed E-state index contributed by atoms with van der Waals surface area (Å²) in [5.41, 5.74) is 6.61. The topological polar surface area (TPSA) is 52.3 Å². The first-order chi connectivity index (χ1) is 8.81. The molecule has 0 aliphatic heterocycles.